The molecule has 2 aliphatic heterocycles. The van der Waals surface area contributed by atoms with Crippen molar-refractivity contribution in [1.82, 2.24) is 14.6 Å². The number of benzene rings is 2. The van der Waals surface area contributed by atoms with Gasteiger partial charge in [-0.15, -0.1) is 11.3 Å². The van der Waals surface area contributed by atoms with Gasteiger partial charge < -0.3 is 24.6 Å². The highest BCUT2D eigenvalue weighted by Gasteiger charge is 2.41. The lowest BCUT2D eigenvalue weighted by atomic mass is 9.95. The zero-order valence-electron chi connectivity index (χ0n) is 25.4. The Morgan fingerprint density at radius 3 is 2.49 bits per heavy atom. The van der Waals surface area contributed by atoms with Crippen LogP contribution in [-0.4, -0.2) is 94.4 Å². The van der Waals surface area contributed by atoms with Crippen LogP contribution in [0.25, 0.3) is 10.2 Å². The van der Waals surface area contributed by atoms with Crippen LogP contribution >= 0.6 is 11.3 Å². The van der Waals surface area contributed by atoms with Crippen molar-refractivity contribution in [3.63, 3.8) is 0 Å². The number of nitrogens with one attached hydrogen (secondary N) is 1. The van der Waals surface area contributed by atoms with E-state index in [0.717, 1.165) is 23.2 Å². The molecule has 2 aromatic carbocycles. The lowest BCUT2D eigenvalue weighted by Crippen LogP contribution is -2.52. The number of thiazole rings is 1. The summed E-state index contributed by atoms with van der Waals surface area (Å²) >= 11 is 0.898. The predicted molar refractivity (Wildman–Crippen MR) is 168 cm³/mol. The summed E-state index contributed by atoms with van der Waals surface area (Å²) in [5.74, 6) is -0.158. The number of carbonyl (C=O) groups is 1. The van der Waals surface area contributed by atoms with Crippen molar-refractivity contribution >= 4 is 47.5 Å². The van der Waals surface area contributed by atoms with Gasteiger partial charge >= 0.3 is 6.09 Å². The molecule has 1 unspecified atom stereocenters. The first-order valence-electron chi connectivity index (χ1n) is 14.8. The van der Waals surface area contributed by atoms with Crippen molar-refractivity contribution in [2.24, 2.45) is 11.8 Å². The van der Waals surface area contributed by atoms with Crippen LogP contribution < -0.4 is 5.32 Å². The summed E-state index contributed by atoms with van der Waals surface area (Å²) < 4.78 is 70.5. The van der Waals surface area contributed by atoms with Crippen LogP contribution in [0.1, 0.15) is 32.3 Å². The van der Waals surface area contributed by atoms with E-state index in [1.54, 1.807) is 0 Å². The zero-order valence-corrected chi connectivity index (χ0v) is 27.8. The molecule has 246 valence electrons. The molecule has 15 heteroatoms. The van der Waals surface area contributed by atoms with E-state index in [2.05, 4.69) is 10.3 Å². The summed E-state index contributed by atoms with van der Waals surface area (Å²) in [7, 11) is -7.71. The van der Waals surface area contributed by atoms with E-state index in [4.69, 9.17) is 14.2 Å². The SMILES string of the molecule is CC(C)CN(C[C@@H](O)[C@H](Cc1ccccc1)NC(=O)O[C@H]1CCO[C@H]2OCCC21)S(=O)(=O)c1ccc2nc(S(C)(=O)=O)sc2c1. The van der Waals surface area contributed by atoms with Gasteiger partial charge in [0.1, 0.15) is 6.10 Å². The number of sulfonamides is 1. The van der Waals surface area contributed by atoms with Gasteiger partial charge in [0.15, 0.2) is 6.29 Å². The van der Waals surface area contributed by atoms with E-state index >= 15 is 0 Å². The smallest absolute Gasteiger partial charge is 0.407 e. The molecule has 3 aromatic rings. The molecule has 0 radical (unpaired) electrons. The maximum atomic E-state index is 14.0. The number of aliphatic hydroxyl groups excluding tert-OH is 1. The highest BCUT2D eigenvalue weighted by Crippen LogP contribution is 2.33. The second kappa shape index (κ2) is 14.0. The van der Waals surface area contributed by atoms with Crippen LogP contribution in [-0.2, 0) is 40.5 Å². The molecule has 0 saturated carbocycles. The molecule has 0 spiro atoms. The quantitative estimate of drug-likeness (QED) is 0.291. The molecule has 3 heterocycles. The fourth-order valence-corrected chi connectivity index (χ4v) is 9.21. The van der Waals surface area contributed by atoms with Crippen LogP contribution in [0.5, 0.6) is 0 Å². The van der Waals surface area contributed by atoms with E-state index < -0.39 is 50.5 Å². The minimum Gasteiger partial charge on any atom is -0.446 e. The monoisotopic (exact) mass is 681 g/mol. The Hall–Kier alpha value is -2.66. The van der Waals surface area contributed by atoms with E-state index in [1.807, 2.05) is 44.2 Å². The van der Waals surface area contributed by atoms with Gasteiger partial charge in [-0.05, 0) is 42.5 Å². The minimum atomic E-state index is -4.15. The third kappa shape index (κ3) is 8.20. The number of hydrogen-bond donors (Lipinski definition) is 2. The Bertz CT molecular complexity index is 1700. The summed E-state index contributed by atoms with van der Waals surface area (Å²) in [4.78, 5) is 17.2. The number of sulfone groups is 1. The summed E-state index contributed by atoms with van der Waals surface area (Å²) in [5, 5.41) is 14.3. The molecular formula is C30H39N3O9S3. The number of carbonyl (C=O) groups excluding carboxylic acids is 1. The molecule has 2 N–H and O–H groups in total. The summed E-state index contributed by atoms with van der Waals surface area (Å²) in [5.41, 5.74) is 1.22. The highest BCUT2D eigenvalue weighted by molar-refractivity contribution is 7.92. The van der Waals surface area contributed by atoms with Crippen LogP contribution in [0.4, 0.5) is 4.79 Å². The van der Waals surface area contributed by atoms with Crippen molar-refractivity contribution in [3.05, 3.63) is 54.1 Å². The molecule has 1 aromatic heterocycles. The molecule has 12 nitrogen and oxygen atoms in total. The molecular weight excluding hydrogens is 643 g/mol. The number of rotatable bonds is 12. The van der Waals surface area contributed by atoms with Gasteiger partial charge in [-0.2, -0.15) is 4.31 Å². The maximum absolute atomic E-state index is 14.0. The number of fused-ring (bicyclic) bond motifs is 2. The standard InChI is InChI=1S/C30H39N3O9S3/c1-19(2)17-33(45(38,39)21-9-10-23-27(16-21)43-30(32-23)44(3,36)37)18-25(34)24(15-20-7-5-4-6-8-20)31-29(35)42-26-12-14-41-28-22(26)11-13-40-28/h4-10,16,19,22,24-26,28,34H,11-15,17-18H2,1-3H3,(H,31,35)/t22?,24-,25+,26-,28+/m0/s1. The fourth-order valence-electron chi connectivity index (χ4n) is 5.61. The van der Waals surface area contributed by atoms with Gasteiger partial charge in [-0.3, -0.25) is 0 Å². The molecule has 2 fully saturated rings. The van der Waals surface area contributed by atoms with Gasteiger partial charge in [0.05, 0.1) is 40.5 Å². The average molecular weight is 682 g/mol. The number of alkyl carbamates (subject to hydrolysis) is 1. The van der Waals surface area contributed by atoms with Gasteiger partial charge in [0, 0.05) is 31.7 Å². The van der Waals surface area contributed by atoms with E-state index in [-0.39, 0.29) is 40.6 Å². The third-order valence-corrected chi connectivity index (χ3v) is 12.3. The van der Waals surface area contributed by atoms with Crippen molar-refractivity contribution in [1.29, 1.82) is 0 Å². The second-order valence-electron chi connectivity index (χ2n) is 11.9. The van der Waals surface area contributed by atoms with Crippen molar-refractivity contribution < 1.29 is 40.9 Å². The number of amides is 1. The number of ether oxygens (including phenoxy) is 3. The Balaban J connectivity index is 1.37. The van der Waals surface area contributed by atoms with Crippen LogP contribution in [0.2, 0.25) is 0 Å². The maximum Gasteiger partial charge on any atom is 0.407 e. The van der Waals surface area contributed by atoms with E-state index in [0.29, 0.717) is 36.3 Å². The lowest BCUT2D eigenvalue weighted by molar-refractivity contribution is -0.179. The summed E-state index contributed by atoms with van der Waals surface area (Å²) in [6.45, 7) is 4.46. The Kier molecular flexibility index (Phi) is 10.5. The molecule has 0 aliphatic carbocycles. The first-order chi connectivity index (χ1) is 21.3. The average Bonchev–Trinajstić information content (AvgIpc) is 3.64. The topological polar surface area (TPSA) is 161 Å². The first-order valence-corrected chi connectivity index (χ1v) is 19.0. The number of hydrogen-bond acceptors (Lipinski definition) is 11. The third-order valence-electron chi connectivity index (χ3n) is 7.82. The molecule has 45 heavy (non-hydrogen) atoms. The Morgan fingerprint density at radius 2 is 1.80 bits per heavy atom. The van der Waals surface area contributed by atoms with Crippen LogP contribution in [0.15, 0.2) is 57.8 Å². The van der Waals surface area contributed by atoms with Crippen molar-refractivity contribution in [2.45, 2.75) is 66.9 Å². The second-order valence-corrected chi connectivity index (χ2v) is 17.1. The molecule has 2 saturated heterocycles. The first kappa shape index (κ1) is 33.7. The normalized spacial score (nSPS) is 22.0. The van der Waals surface area contributed by atoms with E-state index in [1.165, 1.54) is 22.5 Å². The molecule has 1 amide bonds. The Labute approximate surface area is 267 Å². The summed E-state index contributed by atoms with van der Waals surface area (Å²) in [6, 6.07) is 12.7. The van der Waals surface area contributed by atoms with Crippen LogP contribution in [0, 0.1) is 11.8 Å². The minimum absolute atomic E-state index is 0.0496. The fraction of sp³-hybridized carbons (Fsp3) is 0.533. The van der Waals surface area contributed by atoms with Crippen molar-refractivity contribution in [2.75, 3.05) is 32.6 Å². The molecule has 0 bridgehead atoms. The summed E-state index contributed by atoms with van der Waals surface area (Å²) in [6.07, 6.45) is -0.286. The van der Waals surface area contributed by atoms with E-state index in [9.17, 15) is 26.7 Å². The van der Waals surface area contributed by atoms with Crippen molar-refractivity contribution in [3.8, 4) is 0 Å². The molecule has 5 rings (SSSR count). The largest absolute Gasteiger partial charge is 0.446 e. The van der Waals surface area contributed by atoms with Gasteiger partial charge in [-0.1, -0.05) is 44.2 Å². The lowest BCUT2D eigenvalue weighted by Gasteiger charge is -2.33. The zero-order chi connectivity index (χ0) is 32.4. The van der Waals surface area contributed by atoms with Gasteiger partial charge in [0.25, 0.3) is 0 Å². The molecule has 5 atom stereocenters. The number of aliphatic hydroxyl groups is 1. The highest BCUT2D eigenvalue weighted by atomic mass is 32.2. The molecule has 2 aliphatic rings. The Morgan fingerprint density at radius 1 is 1.09 bits per heavy atom. The number of nitrogens with zero attached hydrogens (tertiary/aromatic N) is 2. The predicted octanol–water partition coefficient (Wildman–Crippen LogP) is 3.20. The van der Waals surface area contributed by atoms with Gasteiger partial charge in [-0.25, -0.2) is 26.6 Å². The van der Waals surface area contributed by atoms with Crippen LogP contribution in [0.3, 0.4) is 0 Å². The van der Waals surface area contributed by atoms with Gasteiger partial charge in [0.2, 0.25) is 24.2 Å². The number of aromatic nitrogens is 1.